The van der Waals surface area contributed by atoms with Crippen molar-refractivity contribution in [2.24, 2.45) is 5.14 Å². The molecular formula is C12H18N2O4S2. The highest BCUT2D eigenvalue weighted by molar-refractivity contribution is 7.89. The number of rotatable bonds is 6. The molecule has 8 heteroatoms. The van der Waals surface area contributed by atoms with Gasteiger partial charge in [-0.15, -0.1) is 6.58 Å². The molecule has 1 aromatic carbocycles. The summed E-state index contributed by atoms with van der Waals surface area (Å²) in [6.45, 7) is 7.21. The van der Waals surface area contributed by atoms with Gasteiger partial charge < -0.3 is 0 Å². The van der Waals surface area contributed by atoms with Crippen LogP contribution in [-0.2, 0) is 20.0 Å². The highest BCUT2D eigenvalue weighted by atomic mass is 32.2. The van der Waals surface area contributed by atoms with E-state index in [0.717, 1.165) is 0 Å². The van der Waals surface area contributed by atoms with Gasteiger partial charge in [-0.2, -0.15) is 4.31 Å². The topological polar surface area (TPSA) is 97.5 Å². The van der Waals surface area contributed by atoms with Crippen LogP contribution in [0.25, 0.3) is 0 Å². The summed E-state index contributed by atoms with van der Waals surface area (Å²) in [5.74, 6) is 0. The van der Waals surface area contributed by atoms with Crippen molar-refractivity contribution >= 4 is 20.0 Å². The zero-order chi connectivity index (χ0) is 15.6. The van der Waals surface area contributed by atoms with Crippen molar-refractivity contribution in [1.29, 1.82) is 0 Å². The van der Waals surface area contributed by atoms with Crippen LogP contribution in [0.3, 0.4) is 0 Å². The Morgan fingerprint density at radius 2 is 1.60 bits per heavy atom. The second-order valence-electron chi connectivity index (χ2n) is 4.47. The minimum Gasteiger partial charge on any atom is -0.225 e. The number of benzene rings is 1. The van der Waals surface area contributed by atoms with Crippen LogP contribution >= 0.6 is 0 Å². The molecule has 0 amide bonds. The molecular weight excluding hydrogens is 300 g/mol. The number of nitrogens with two attached hydrogens (primary N) is 1. The van der Waals surface area contributed by atoms with E-state index in [4.69, 9.17) is 5.14 Å². The molecule has 0 aromatic heterocycles. The van der Waals surface area contributed by atoms with Crippen LogP contribution in [0, 0.1) is 0 Å². The average molecular weight is 318 g/mol. The second kappa shape index (κ2) is 6.04. The summed E-state index contributed by atoms with van der Waals surface area (Å²) in [5.41, 5.74) is 0. The molecule has 0 unspecified atom stereocenters. The lowest BCUT2D eigenvalue weighted by atomic mass is 10.4. The van der Waals surface area contributed by atoms with Gasteiger partial charge in [0.15, 0.2) is 0 Å². The third kappa shape index (κ3) is 3.66. The number of hydrogen-bond acceptors (Lipinski definition) is 4. The molecule has 0 radical (unpaired) electrons. The average Bonchev–Trinajstić information content (AvgIpc) is 2.34. The maximum absolute atomic E-state index is 12.4. The molecule has 0 spiro atoms. The summed E-state index contributed by atoms with van der Waals surface area (Å²) in [6.07, 6.45) is 1.50. The SMILES string of the molecule is C=CCN(C(C)C)S(=O)(=O)c1ccc(S(N)(=O)=O)cc1. The van der Waals surface area contributed by atoms with Gasteiger partial charge in [0.1, 0.15) is 0 Å². The zero-order valence-electron chi connectivity index (χ0n) is 11.4. The molecule has 0 fully saturated rings. The fourth-order valence-corrected chi connectivity index (χ4v) is 3.77. The Labute approximate surface area is 120 Å². The van der Waals surface area contributed by atoms with Crippen LogP contribution in [0.2, 0.25) is 0 Å². The maximum Gasteiger partial charge on any atom is 0.243 e. The van der Waals surface area contributed by atoms with Gasteiger partial charge in [-0.3, -0.25) is 0 Å². The Hall–Kier alpha value is -1.22. The van der Waals surface area contributed by atoms with Crippen molar-refractivity contribution < 1.29 is 16.8 Å². The first-order valence-corrected chi connectivity index (χ1v) is 8.85. The van der Waals surface area contributed by atoms with E-state index in [1.165, 1.54) is 34.6 Å². The molecule has 0 aliphatic carbocycles. The van der Waals surface area contributed by atoms with Gasteiger partial charge in [0.05, 0.1) is 9.79 Å². The Morgan fingerprint density at radius 3 is 1.95 bits per heavy atom. The predicted octanol–water partition coefficient (Wildman–Crippen LogP) is 0.919. The van der Waals surface area contributed by atoms with Crippen molar-refractivity contribution in [2.75, 3.05) is 6.54 Å². The van der Waals surface area contributed by atoms with Crippen molar-refractivity contribution in [3.63, 3.8) is 0 Å². The van der Waals surface area contributed by atoms with Crippen LogP contribution in [0.15, 0.2) is 46.7 Å². The van der Waals surface area contributed by atoms with Gasteiger partial charge in [-0.1, -0.05) is 6.08 Å². The fourth-order valence-electron chi connectivity index (χ4n) is 1.65. The lowest BCUT2D eigenvalue weighted by Crippen LogP contribution is -2.37. The summed E-state index contributed by atoms with van der Waals surface area (Å²) in [4.78, 5) is -0.114. The standard InChI is InChI=1S/C12H18N2O4S2/c1-4-9-14(10(2)3)20(17,18)12-7-5-11(6-8-12)19(13,15)16/h4-8,10H,1,9H2,2-3H3,(H2,13,15,16). The molecule has 0 bridgehead atoms. The Bertz CT molecular complexity index is 677. The van der Waals surface area contributed by atoms with Crippen LogP contribution in [0.5, 0.6) is 0 Å². The molecule has 0 saturated carbocycles. The van der Waals surface area contributed by atoms with Gasteiger partial charge in [0.25, 0.3) is 0 Å². The summed E-state index contributed by atoms with van der Waals surface area (Å²) in [5, 5.41) is 4.97. The molecule has 1 aromatic rings. The first-order chi connectivity index (χ1) is 9.10. The number of primary sulfonamides is 1. The quantitative estimate of drug-likeness (QED) is 0.789. The summed E-state index contributed by atoms with van der Waals surface area (Å²) < 4.78 is 48.4. The van der Waals surface area contributed by atoms with E-state index in [1.54, 1.807) is 13.8 Å². The first kappa shape index (κ1) is 16.8. The van der Waals surface area contributed by atoms with E-state index in [9.17, 15) is 16.8 Å². The van der Waals surface area contributed by atoms with Gasteiger partial charge in [-0.05, 0) is 38.1 Å². The van der Waals surface area contributed by atoms with Crippen LogP contribution in [-0.4, -0.2) is 33.7 Å². The van der Waals surface area contributed by atoms with Crippen LogP contribution in [0.1, 0.15) is 13.8 Å². The van der Waals surface area contributed by atoms with Gasteiger partial charge >= 0.3 is 0 Å². The maximum atomic E-state index is 12.4. The summed E-state index contributed by atoms with van der Waals surface area (Å²) in [7, 11) is -7.53. The molecule has 1 rings (SSSR count). The normalized spacial score (nSPS) is 12.8. The highest BCUT2D eigenvalue weighted by Crippen LogP contribution is 2.19. The molecule has 0 saturated heterocycles. The smallest absolute Gasteiger partial charge is 0.225 e. The fraction of sp³-hybridized carbons (Fsp3) is 0.333. The van der Waals surface area contributed by atoms with E-state index in [1.807, 2.05) is 0 Å². The van der Waals surface area contributed by atoms with Gasteiger partial charge in [-0.25, -0.2) is 22.0 Å². The first-order valence-electron chi connectivity index (χ1n) is 5.86. The minimum absolute atomic E-state index is 0.0143. The van der Waals surface area contributed by atoms with Crippen molar-refractivity contribution in [1.82, 2.24) is 4.31 Å². The van der Waals surface area contributed by atoms with E-state index in [-0.39, 0.29) is 22.4 Å². The molecule has 0 aliphatic heterocycles. The Morgan fingerprint density at radius 1 is 1.15 bits per heavy atom. The van der Waals surface area contributed by atoms with Crippen LogP contribution in [0.4, 0.5) is 0 Å². The largest absolute Gasteiger partial charge is 0.243 e. The minimum atomic E-state index is -3.84. The van der Waals surface area contributed by atoms with Gasteiger partial charge in [0.2, 0.25) is 20.0 Å². The van der Waals surface area contributed by atoms with Crippen molar-refractivity contribution in [2.45, 2.75) is 29.7 Å². The molecule has 0 heterocycles. The molecule has 6 nitrogen and oxygen atoms in total. The van der Waals surface area contributed by atoms with Gasteiger partial charge in [0, 0.05) is 12.6 Å². The molecule has 0 aliphatic rings. The lowest BCUT2D eigenvalue weighted by Gasteiger charge is -2.24. The molecule has 0 atom stereocenters. The number of hydrogen-bond donors (Lipinski definition) is 1. The van der Waals surface area contributed by atoms with E-state index in [0.29, 0.717) is 0 Å². The number of sulfonamides is 2. The lowest BCUT2D eigenvalue weighted by molar-refractivity contribution is 0.383. The monoisotopic (exact) mass is 318 g/mol. The zero-order valence-corrected chi connectivity index (χ0v) is 13.0. The van der Waals surface area contributed by atoms with E-state index in [2.05, 4.69) is 6.58 Å². The summed E-state index contributed by atoms with van der Waals surface area (Å²) >= 11 is 0. The summed E-state index contributed by atoms with van der Waals surface area (Å²) in [6, 6.07) is 4.57. The van der Waals surface area contributed by atoms with E-state index >= 15 is 0 Å². The highest BCUT2D eigenvalue weighted by Gasteiger charge is 2.26. The predicted molar refractivity (Wildman–Crippen MR) is 77.0 cm³/mol. The molecule has 2 N–H and O–H groups in total. The Kier molecular flexibility index (Phi) is 5.09. The van der Waals surface area contributed by atoms with Crippen LogP contribution < -0.4 is 5.14 Å². The number of nitrogens with zero attached hydrogens (tertiary/aromatic N) is 1. The second-order valence-corrected chi connectivity index (χ2v) is 7.93. The molecule has 20 heavy (non-hydrogen) atoms. The van der Waals surface area contributed by atoms with E-state index < -0.39 is 20.0 Å². The van der Waals surface area contributed by atoms with Crippen molar-refractivity contribution in [3.8, 4) is 0 Å². The Balaban J connectivity index is 3.25. The molecule has 112 valence electrons. The van der Waals surface area contributed by atoms with Crippen molar-refractivity contribution in [3.05, 3.63) is 36.9 Å². The third-order valence-electron chi connectivity index (χ3n) is 2.64. The third-order valence-corrected chi connectivity index (χ3v) is 5.63.